The van der Waals surface area contributed by atoms with Gasteiger partial charge in [-0.1, -0.05) is 19.3 Å². The standard InChI is InChI=1S/C13H20O6/c14-10(8-12(16)17)6-4-2-1-3-5-7-11(15)9-13(18)19/h1-9H2,(H,16,17)(H,18,19). The Hall–Kier alpha value is -1.72. The van der Waals surface area contributed by atoms with E-state index in [1.165, 1.54) is 0 Å². The van der Waals surface area contributed by atoms with Crippen LogP contribution in [0.25, 0.3) is 0 Å². The molecule has 0 aliphatic rings. The molecule has 0 aliphatic carbocycles. The molecular weight excluding hydrogens is 252 g/mol. The molecule has 0 rings (SSSR count). The topological polar surface area (TPSA) is 109 Å². The van der Waals surface area contributed by atoms with E-state index in [2.05, 4.69) is 0 Å². The van der Waals surface area contributed by atoms with E-state index in [0.717, 1.165) is 19.3 Å². The molecule has 19 heavy (non-hydrogen) atoms. The normalized spacial score (nSPS) is 10.1. The van der Waals surface area contributed by atoms with Crippen LogP contribution in [0.5, 0.6) is 0 Å². The predicted molar refractivity (Wildman–Crippen MR) is 66.8 cm³/mol. The van der Waals surface area contributed by atoms with Gasteiger partial charge >= 0.3 is 11.9 Å². The molecule has 108 valence electrons. The van der Waals surface area contributed by atoms with Crippen molar-refractivity contribution in [1.29, 1.82) is 0 Å². The van der Waals surface area contributed by atoms with Crippen LogP contribution in [-0.2, 0) is 19.2 Å². The van der Waals surface area contributed by atoms with E-state index in [4.69, 9.17) is 10.2 Å². The molecule has 0 bridgehead atoms. The molecule has 6 nitrogen and oxygen atoms in total. The monoisotopic (exact) mass is 272 g/mol. The molecule has 0 fully saturated rings. The summed E-state index contributed by atoms with van der Waals surface area (Å²) < 4.78 is 0. The minimum Gasteiger partial charge on any atom is -0.481 e. The minimum absolute atomic E-state index is 0.260. The van der Waals surface area contributed by atoms with Gasteiger partial charge in [0.2, 0.25) is 0 Å². The summed E-state index contributed by atoms with van der Waals surface area (Å²) in [5.41, 5.74) is 0. The van der Waals surface area contributed by atoms with Crippen LogP contribution in [0.4, 0.5) is 0 Å². The maximum atomic E-state index is 11.1. The summed E-state index contributed by atoms with van der Waals surface area (Å²) in [5, 5.41) is 16.8. The first-order chi connectivity index (χ1) is 8.91. The number of carbonyl (C=O) groups is 4. The van der Waals surface area contributed by atoms with Crippen molar-refractivity contribution in [2.75, 3.05) is 0 Å². The van der Waals surface area contributed by atoms with Crippen LogP contribution in [0.1, 0.15) is 57.8 Å². The zero-order chi connectivity index (χ0) is 14.7. The molecule has 0 heterocycles. The van der Waals surface area contributed by atoms with E-state index >= 15 is 0 Å². The molecule has 0 saturated carbocycles. The largest absolute Gasteiger partial charge is 0.481 e. The Balaban J connectivity index is 3.36. The van der Waals surface area contributed by atoms with Crippen molar-refractivity contribution in [3.8, 4) is 0 Å². The van der Waals surface area contributed by atoms with Gasteiger partial charge in [-0.05, 0) is 12.8 Å². The third-order valence-electron chi connectivity index (χ3n) is 2.61. The van der Waals surface area contributed by atoms with Crippen molar-refractivity contribution >= 4 is 23.5 Å². The Morgan fingerprint density at radius 3 is 1.21 bits per heavy atom. The second kappa shape index (κ2) is 10.2. The molecule has 2 N–H and O–H groups in total. The average Bonchev–Trinajstić information content (AvgIpc) is 2.25. The van der Waals surface area contributed by atoms with Gasteiger partial charge in [-0.15, -0.1) is 0 Å². The van der Waals surface area contributed by atoms with Crippen molar-refractivity contribution in [3.63, 3.8) is 0 Å². The zero-order valence-corrected chi connectivity index (χ0v) is 10.9. The van der Waals surface area contributed by atoms with Crippen LogP contribution in [-0.4, -0.2) is 33.7 Å². The Labute approximate surface area is 111 Å². The van der Waals surface area contributed by atoms with Crippen molar-refractivity contribution in [2.24, 2.45) is 0 Å². The van der Waals surface area contributed by atoms with E-state index in [-0.39, 0.29) is 24.4 Å². The van der Waals surface area contributed by atoms with Gasteiger partial charge < -0.3 is 10.2 Å². The smallest absolute Gasteiger partial charge is 0.310 e. The van der Waals surface area contributed by atoms with Gasteiger partial charge in [-0.3, -0.25) is 19.2 Å². The summed E-state index contributed by atoms with van der Waals surface area (Å²) in [6.45, 7) is 0. The lowest BCUT2D eigenvalue weighted by molar-refractivity contribution is -0.141. The second-order valence-corrected chi connectivity index (χ2v) is 4.49. The van der Waals surface area contributed by atoms with Gasteiger partial charge in [0.1, 0.15) is 24.4 Å². The summed E-state index contributed by atoms with van der Waals surface area (Å²) in [6.07, 6.45) is 3.56. The van der Waals surface area contributed by atoms with Crippen molar-refractivity contribution in [1.82, 2.24) is 0 Å². The third-order valence-corrected chi connectivity index (χ3v) is 2.61. The van der Waals surface area contributed by atoms with Gasteiger partial charge in [0.25, 0.3) is 0 Å². The molecule has 0 amide bonds. The highest BCUT2D eigenvalue weighted by Gasteiger charge is 2.08. The number of carboxylic acid groups (broad SMARTS) is 2. The number of hydrogen-bond donors (Lipinski definition) is 2. The zero-order valence-electron chi connectivity index (χ0n) is 10.9. The number of carbonyl (C=O) groups excluding carboxylic acids is 2. The van der Waals surface area contributed by atoms with Gasteiger partial charge in [0.05, 0.1) is 0 Å². The van der Waals surface area contributed by atoms with E-state index in [1.54, 1.807) is 0 Å². The quantitative estimate of drug-likeness (QED) is 0.414. The van der Waals surface area contributed by atoms with Crippen LogP contribution in [0.15, 0.2) is 0 Å². The molecular formula is C13H20O6. The Morgan fingerprint density at radius 2 is 0.895 bits per heavy atom. The molecule has 6 heteroatoms. The first kappa shape index (κ1) is 17.3. The second-order valence-electron chi connectivity index (χ2n) is 4.49. The Kier molecular flexibility index (Phi) is 9.30. The number of carboxylic acids is 2. The van der Waals surface area contributed by atoms with Crippen LogP contribution >= 0.6 is 0 Å². The molecule has 0 saturated heterocycles. The average molecular weight is 272 g/mol. The van der Waals surface area contributed by atoms with E-state index < -0.39 is 24.8 Å². The summed E-state index contributed by atoms with van der Waals surface area (Å²) >= 11 is 0. The highest BCUT2D eigenvalue weighted by atomic mass is 16.4. The summed E-state index contributed by atoms with van der Waals surface area (Å²) in [6, 6.07) is 0. The van der Waals surface area contributed by atoms with Crippen LogP contribution < -0.4 is 0 Å². The third kappa shape index (κ3) is 12.5. The number of hydrogen-bond acceptors (Lipinski definition) is 4. The molecule has 0 atom stereocenters. The number of rotatable bonds is 12. The van der Waals surface area contributed by atoms with Crippen molar-refractivity contribution in [2.45, 2.75) is 57.8 Å². The molecule has 0 unspecified atom stereocenters. The van der Waals surface area contributed by atoms with Gasteiger partial charge in [-0.25, -0.2) is 0 Å². The fraction of sp³-hybridized carbons (Fsp3) is 0.692. The molecule has 0 aromatic carbocycles. The van der Waals surface area contributed by atoms with Crippen molar-refractivity contribution < 1.29 is 29.4 Å². The SMILES string of the molecule is O=C(O)CC(=O)CCCCCCCC(=O)CC(=O)O. The molecule has 0 aliphatic heterocycles. The van der Waals surface area contributed by atoms with Crippen LogP contribution in [0.3, 0.4) is 0 Å². The maximum absolute atomic E-state index is 11.1. The van der Waals surface area contributed by atoms with Crippen LogP contribution in [0, 0.1) is 0 Å². The lowest BCUT2D eigenvalue weighted by Gasteiger charge is -2.01. The van der Waals surface area contributed by atoms with E-state index in [0.29, 0.717) is 12.8 Å². The van der Waals surface area contributed by atoms with Crippen molar-refractivity contribution in [3.05, 3.63) is 0 Å². The molecule has 0 aromatic heterocycles. The highest BCUT2D eigenvalue weighted by molar-refractivity contribution is 5.95. The molecule has 0 aromatic rings. The number of ketones is 2. The lowest BCUT2D eigenvalue weighted by atomic mass is 10.0. The lowest BCUT2D eigenvalue weighted by Crippen LogP contribution is -2.06. The number of aliphatic carboxylic acids is 2. The molecule has 0 spiro atoms. The summed E-state index contributed by atoms with van der Waals surface area (Å²) in [4.78, 5) is 42.6. The number of unbranched alkanes of at least 4 members (excludes halogenated alkanes) is 4. The first-order valence-corrected chi connectivity index (χ1v) is 6.39. The predicted octanol–water partition coefficient (Wildman–Crippen LogP) is 1.80. The van der Waals surface area contributed by atoms with Gasteiger partial charge in [0, 0.05) is 12.8 Å². The fourth-order valence-electron chi connectivity index (χ4n) is 1.69. The minimum atomic E-state index is -1.10. The number of Topliss-reactive ketones (excluding diaryl/α,β-unsaturated/α-hetero) is 2. The Morgan fingerprint density at radius 1 is 0.579 bits per heavy atom. The fourth-order valence-corrected chi connectivity index (χ4v) is 1.69. The summed E-state index contributed by atoms with van der Waals surface area (Å²) in [7, 11) is 0. The first-order valence-electron chi connectivity index (χ1n) is 6.39. The Bertz CT molecular complexity index is 302. The van der Waals surface area contributed by atoms with Crippen LogP contribution in [0.2, 0.25) is 0 Å². The molecule has 0 radical (unpaired) electrons. The van der Waals surface area contributed by atoms with E-state index in [9.17, 15) is 19.2 Å². The van der Waals surface area contributed by atoms with E-state index in [1.807, 2.05) is 0 Å². The van der Waals surface area contributed by atoms with Gasteiger partial charge in [-0.2, -0.15) is 0 Å². The summed E-state index contributed by atoms with van der Waals surface area (Å²) in [5.74, 6) is -2.71. The highest BCUT2D eigenvalue weighted by Crippen LogP contribution is 2.09. The van der Waals surface area contributed by atoms with Gasteiger partial charge in [0.15, 0.2) is 0 Å². The maximum Gasteiger partial charge on any atom is 0.310 e.